The summed E-state index contributed by atoms with van der Waals surface area (Å²) in [6.45, 7) is 2.00. The predicted molar refractivity (Wildman–Crippen MR) is 118 cm³/mol. The molecule has 2 N–H and O–H groups in total. The number of hydrogen-bond donors (Lipinski definition) is 2. The lowest BCUT2D eigenvalue weighted by molar-refractivity contribution is -0.115. The Balaban J connectivity index is 1.86. The third-order valence-electron chi connectivity index (χ3n) is 4.65. The number of hydrogen-bond acceptors (Lipinski definition) is 7. The highest BCUT2D eigenvalue weighted by atomic mass is 35.5. The zero-order valence-corrected chi connectivity index (χ0v) is 18.4. The Morgan fingerprint density at radius 3 is 2.58 bits per heavy atom. The first kappa shape index (κ1) is 22.8. The van der Waals surface area contributed by atoms with E-state index in [1.165, 1.54) is 0 Å². The lowest BCUT2D eigenvalue weighted by Gasteiger charge is -2.22. The van der Waals surface area contributed by atoms with E-state index in [1.54, 1.807) is 37.3 Å². The van der Waals surface area contributed by atoms with Gasteiger partial charge >= 0.3 is 5.97 Å². The number of carbonyl (C=O) groups excluding carboxylic acids is 2. The Labute approximate surface area is 188 Å². The maximum Gasteiger partial charge on any atom is 0.341 e. The van der Waals surface area contributed by atoms with E-state index in [-0.39, 0.29) is 30.2 Å². The average molecular weight is 461 g/mol. The number of halogens is 1. The molecule has 162 valence electrons. The molecule has 9 heteroatoms. The molecule has 3 rings (SSSR count). The molecule has 0 spiro atoms. The third kappa shape index (κ3) is 5.44. The number of nitrogens with zero attached hydrogens (tertiary/aromatic N) is 1. The minimum Gasteiger partial charge on any atom is -0.491 e. The van der Waals surface area contributed by atoms with E-state index in [1.807, 2.05) is 12.2 Å². The van der Waals surface area contributed by atoms with Crippen molar-refractivity contribution in [3.8, 4) is 22.9 Å². The van der Waals surface area contributed by atoms with E-state index in [2.05, 4.69) is 5.32 Å². The molecular formula is C22H21ClN2O5S. The summed E-state index contributed by atoms with van der Waals surface area (Å²) in [6.07, 6.45) is 4.61. The Morgan fingerprint density at radius 1 is 1.29 bits per heavy atom. The van der Waals surface area contributed by atoms with Gasteiger partial charge in [0.1, 0.15) is 39.3 Å². The number of nitriles is 1. The van der Waals surface area contributed by atoms with Crippen LogP contribution in [0.4, 0.5) is 5.00 Å². The zero-order valence-electron chi connectivity index (χ0n) is 16.8. The number of rotatable bonds is 8. The summed E-state index contributed by atoms with van der Waals surface area (Å²) in [5.41, 5.74) is 0.326. The predicted octanol–water partition coefficient (Wildman–Crippen LogP) is 4.56. The van der Waals surface area contributed by atoms with Crippen LogP contribution < -0.4 is 10.1 Å². The Hall–Kier alpha value is -2.86. The van der Waals surface area contributed by atoms with Crippen molar-refractivity contribution >= 4 is 39.8 Å². The number of amides is 1. The van der Waals surface area contributed by atoms with Gasteiger partial charge in [-0.3, -0.25) is 4.79 Å². The van der Waals surface area contributed by atoms with Gasteiger partial charge in [0.2, 0.25) is 5.91 Å². The van der Waals surface area contributed by atoms with Gasteiger partial charge in [0.05, 0.1) is 12.7 Å². The molecule has 0 unspecified atom stereocenters. The van der Waals surface area contributed by atoms with Crippen LogP contribution in [0.3, 0.4) is 0 Å². The number of ether oxygens (including phenoxy) is 2. The van der Waals surface area contributed by atoms with Crippen molar-refractivity contribution in [2.45, 2.75) is 31.8 Å². The molecule has 0 saturated carbocycles. The van der Waals surface area contributed by atoms with Crippen LogP contribution in [0, 0.1) is 11.3 Å². The minimum absolute atomic E-state index is 0.142. The summed E-state index contributed by atoms with van der Waals surface area (Å²) < 4.78 is 11.2. The van der Waals surface area contributed by atoms with Crippen LogP contribution in [-0.2, 0) is 9.53 Å². The number of carbonyl (C=O) groups is 2. The van der Waals surface area contributed by atoms with Crippen molar-refractivity contribution in [2.75, 3.05) is 18.5 Å². The molecule has 0 bridgehead atoms. The highest BCUT2D eigenvalue weighted by Gasteiger charge is 2.29. The molecule has 1 aromatic carbocycles. The first-order chi connectivity index (χ1) is 14.9. The summed E-state index contributed by atoms with van der Waals surface area (Å²) in [5.74, 6) is -0.597. The van der Waals surface area contributed by atoms with Crippen molar-refractivity contribution < 1.29 is 24.2 Å². The molecule has 0 radical (unpaired) electrons. The number of esters is 1. The summed E-state index contributed by atoms with van der Waals surface area (Å²) in [7, 11) is 0. The lowest BCUT2D eigenvalue weighted by Crippen LogP contribution is -2.32. The van der Waals surface area contributed by atoms with E-state index in [0.717, 1.165) is 11.3 Å². The number of nitrogens with one attached hydrogen (secondary N) is 1. The Bertz CT molecular complexity index is 1030. The highest BCUT2D eigenvalue weighted by Crippen LogP contribution is 2.44. The van der Waals surface area contributed by atoms with Crippen molar-refractivity contribution in [3.05, 3.63) is 46.3 Å². The van der Waals surface area contributed by atoms with Crippen LogP contribution in [-0.4, -0.2) is 35.8 Å². The van der Waals surface area contributed by atoms with Gasteiger partial charge in [-0.05, 0) is 37.5 Å². The molecule has 1 amide bonds. The van der Waals surface area contributed by atoms with Gasteiger partial charge in [0, 0.05) is 5.56 Å². The van der Waals surface area contributed by atoms with E-state index >= 15 is 0 Å². The molecule has 0 atom stereocenters. The van der Waals surface area contributed by atoms with E-state index in [4.69, 9.17) is 26.3 Å². The molecule has 31 heavy (non-hydrogen) atoms. The van der Waals surface area contributed by atoms with Crippen LogP contribution in [0.5, 0.6) is 5.75 Å². The third-order valence-corrected chi connectivity index (χ3v) is 5.96. The smallest absolute Gasteiger partial charge is 0.341 e. The zero-order chi connectivity index (χ0) is 22.4. The van der Waals surface area contributed by atoms with Crippen LogP contribution in [0.25, 0.3) is 11.1 Å². The monoisotopic (exact) mass is 460 g/mol. The maximum atomic E-state index is 12.6. The summed E-state index contributed by atoms with van der Waals surface area (Å²) in [6, 6.07) is 8.68. The number of thiophene rings is 1. The second-order valence-electron chi connectivity index (χ2n) is 6.98. The van der Waals surface area contributed by atoms with Gasteiger partial charge in [-0.25, -0.2) is 4.79 Å². The fourth-order valence-electron chi connectivity index (χ4n) is 3.13. The van der Waals surface area contributed by atoms with Gasteiger partial charge in [-0.15, -0.1) is 11.3 Å². The van der Waals surface area contributed by atoms with Crippen molar-refractivity contribution in [1.29, 1.82) is 5.26 Å². The molecule has 1 aliphatic rings. The Morgan fingerprint density at radius 2 is 1.97 bits per heavy atom. The molecule has 1 heterocycles. The Kier molecular flexibility index (Phi) is 7.33. The maximum absolute atomic E-state index is 12.6. The molecule has 7 nitrogen and oxygen atoms in total. The first-order valence-corrected chi connectivity index (χ1v) is 10.8. The molecule has 1 aliphatic carbocycles. The van der Waals surface area contributed by atoms with Gasteiger partial charge in [-0.2, -0.15) is 5.26 Å². The molecule has 0 fully saturated rings. The van der Waals surface area contributed by atoms with Crippen LogP contribution in [0.2, 0.25) is 4.34 Å². The standard InChI is InChI=1S/C22H21ClN2O5S/c1-2-29-21(27)18-17(19(23)31-20(18)25-16(26)9-12-24)14-5-7-15(8-6-14)30-13-22(28)10-3-4-11-22/h3-8,28H,2,9-11,13H2,1H3,(H,25,26). The molecular weight excluding hydrogens is 440 g/mol. The fourth-order valence-corrected chi connectivity index (χ4v) is 4.52. The second-order valence-corrected chi connectivity index (χ2v) is 8.60. The summed E-state index contributed by atoms with van der Waals surface area (Å²) >= 11 is 7.44. The number of anilines is 1. The van der Waals surface area contributed by atoms with Crippen LogP contribution in [0.1, 0.15) is 36.5 Å². The normalized spacial score (nSPS) is 14.1. The van der Waals surface area contributed by atoms with Crippen LogP contribution in [0.15, 0.2) is 36.4 Å². The lowest BCUT2D eigenvalue weighted by atomic mass is 10.0. The number of aliphatic hydroxyl groups is 1. The molecule has 0 saturated heterocycles. The highest BCUT2D eigenvalue weighted by molar-refractivity contribution is 7.21. The fraction of sp³-hybridized carbons (Fsp3) is 0.318. The minimum atomic E-state index is -0.886. The van der Waals surface area contributed by atoms with Gasteiger partial charge in [0.15, 0.2) is 0 Å². The molecule has 2 aromatic rings. The van der Waals surface area contributed by atoms with E-state index in [0.29, 0.717) is 34.1 Å². The number of benzene rings is 1. The summed E-state index contributed by atoms with van der Waals surface area (Å²) in [4.78, 5) is 24.5. The van der Waals surface area contributed by atoms with Gasteiger partial charge in [0.25, 0.3) is 0 Å². The van der Waals surface area contributed by atoms with Crippen molar-refractivity contribution in [1.82, 2.24) is 0 Å². The van der Waals surface area contributed by atoms with Crippen LogP contribution >= 0.6 is 22.9 Å². The van der Waals surface area contributed by atoms with Gasteiger partial charge in [-0.1, -0.05) is 35.9 Å². The average Bonchev–Trinajstić information content (AvgIpc) is 3.31. The van der Waals surface area contributed by atoms with E-state index < -0.39 is 17.5 Å². The molecule has 1 aromatic heterocycles. The van der Waals surface area contributed by atoms with Gasteiger partial charge < -0.3 is 19.9 Å². The topological polar surface area (TPSA) is 109 Å². The summed E-state index contributed by atoms with van der Waals surface area (Å²) in [5, 5.41) is 21.9. The second kappa shape index (κ2) is 9.96. The van der Waals surface area contributed by atoms with Crippen molar-refractivity contribution in [3.63, 3.8) is 0 Å². The SMILES string of the molecule is CCOC(=O)c1c(NC(=O)CC#N)sc(Cl)c1-c1ccc(OCC2(O)CC=CC2)cc1. The van der Waals surface area contributed by atoms with Crippen molar-refractivity contribution in [2.24, 2.45) is 0 Å². The quantitative estimate of drug-likeness (QED) is 0.441. The largest absolute Gasteiger partial charge is 0.491 e. The molecule has 0 aliphatic heterocycles. The first-order valence-electron chi connectivity index (χ1n) is 9.63. The van der Waals surface area contributed by atoms with E-state index in [9.17, 15) is 14.7 Å².